The van der Waals surface area contributed by atoms with E-state index >= 15 is 0 Å². The van der Waals surface area contributed by atoms with Gasteiger partial charge in [-0.05, 0) is 42.8 Å². The Morgan fingerprint density at radius 1 is 1.30 bits per heavy atom. The number of hydrogen-bond acceptors (Lipinski definition) is 4. The van der Waals surface area contributed by atoms with Gasteiger partial charge in [0, 0.05) is 0 Å². The number of carbonyl (C=O) groups excluding carboxylic acids is 1. The van der Waals surface area contributed by atoms with E-state index in [4.69, 9.17) is 4.74 Å². The van der Waals surface area contributed by atoms with Crippen LogP contribution in [0.15, 0.2) is 42.5 Å². The minimum atomic E-state index is -0.314. The van der Waals surface area contributed by atoms with Gasteiger partial charge in [-0.3, -0.25) is 4.79 Å². The van der Waals surface area contributed by atoms with Gasteiger partial charge in [-0.15, -0.1) is 0 Å². The summed E-state index contributed by atoms with van der Waals surface area (Å²) in [6.45, 7) is 2.27. The molecule has 0 saturated heterocycles. The standard InChI is InChI=1S/C17H15FN2O2S/c1-11-3-2-4-13(9-11)22-8-7-16(21)20-17-19-14-6-5-12(18)10-15(14)23-17/h2-6,9-10H,7-8H2,1H3,(H,19,20,21). The fourth-order valence-corrected chi connectivity index (χ4v) is 3.01. The molecule has 1 heterocycles. The smallest absolute Gasteiger partial charge is 0.229 e. The summed E-state index contributed by atoms with van der Waals surface area (Å²) in [6, 6.07) is 12.0. The van der Waals surface area contributed by atoms with E-state index in [2.05, 4.69) is 10.3 Å². The van der Waals surface area contributed by atoms with Gasteiger partial charge in [-0.25, -0.2) is 9.37 Å². The van der Waals surface area contributed by atoms with Gasteiger partial charge in [0.15, 0.2) is 5.13 Å². The second-order valence-electron chi connectivity index (χ2n) is 5.09. The molecule has 1 aromatic heterocycles. The number of ether oxygens (including phenoxy) is 1. The number of nitrogens with zero attached hydrogens (tertiary/aromatic N) is 1. The molecule has 0 aliphatic carbocycles. The van der Waals surface area contributed by atoms with Gasteiger partial charge in [-0.1, -0.05) is 23.5 Å². The van der Waals surface area contributed by atoms with Crippen LogP contribution in [-0.2, 0) is 4.79 Å². The van der Waals surface area contributed by atoms with Gasteiger partial charge in [0.1, 0.15) is 11.6 Å². The number of anilines is 1. The highest BCUT2D eigenvalue weighted by atomic mass is 32.1. The van der Waals surface area contributed by atoms with E-state index in [0.717, 1.165) is 11.3 Å². The topological polar surface area (TPSA) is 51.2 Å². The number of thiazole rings is 1. The Morgan fingerprint density at radius 2 is 2.17 bits per heavy atom. The molecule has 0 bridgehead atoms. The van der Waals surface area contributed by atoms with E-state index < -0.39 is 0 Å². The molecule has 6 heteroatoms. The Kier molecular flexibility index (Phi) is 4.52. The van der Waals surface area contributed by atoms with Crippen molar-refractivity contribution in [3.63, 3.8) is 0 Å². The third kappa shape index (κ3) is 4.04. The normalized spacial score (nSPS) is 10.7. The summed E-state index contributed by atoms with van der Waals surface area (Å²) in [6.07, 6.45) is 0.220. The molecule has 0 radical (unpaired) electrons. The van der Waals surface area contributed by atoms with Crippen molar-refractivity contribution in [2.45, 2.75) is 13.3 Å². The largest absolute Gasteiger partial charge is 0.493 e. The first-order valence-corrected chi connectivity index (χ1v) is 7.97. The van der Waals surface area contributed by atoms with Gasteiger partial charge in [-0.2, -0.15) is 0 Å². The molecule has 3 aromatic rings. The van der Waals surface area contributed by atoms with Crippen LogP contribution < -0.4 is 10.1 Å². The lowest BCUT2D eigenvalue weighted by Crippen LogP contribution is -2.15. The molecule has 4 nitrogen and oxygen atoms in total. The third-order valence-corrected chi connectivity index (χ3v) is 4.12. The van der Waals surface area contributed by atoms with E-state index in [-0.39, 0.29) is 24.8 Å². The predicted molar refractivity (Wildman–Crippen MR) is 89.5 cm³/mol. The number of amides is 1. The lowest BCUT2D eigenvalue weighted by Gasteiger charge is -2.06. The minimum absolute atomic E-state index is 0.183. The molecular weight excluding hydrogens is 315 g/mol. The van der Waals surface area contributed by atoms with E-state index in [1.54, 1.807) is 6.07 Å². The molecule has 23 heavy (non-hydrogen) atoms. The monoisotopic (exact) mass is 330 g/mol. The van der Waals surface area contributed by atoms with Gasteiger partial charge < -0.3 is 10.1 Å². The third-order valence-electron chi connectivity index (χ3n) is 3.18. The summed E-state index contributed by atoms with van der Waals surface area (Å²) in [5.41, 5.74) is 1.77. The van der Waals surface area contributed by atoms with Crippen LogP contribution in [-0.4, -0.2) is 17.5 Å². The van der Waals surface area contributed by atoms with Crippen molar-refractivity contribution < 1.29 is 13.9 Å². The van der Waals surface area contributed by atoms with Crippen LogP contribution in [0.25, 0.3) is 10.2 Å². The number of hydrogen-bond donors (Lipinski definition) is 1. The molecule has 0 aliphatic rings. The molecular formula is C17H15FN2O2S. The van der Waals surface area contributed by atoms with Crippen molar-refractivity contribution in [3.8, 4) is 5.75 Å². The molecule has 118 valence electrons. The quantitative estimate of drug-likeness (QED) is 0.764. The van der Waals surface area contributed by atoms with Crippen LogP contribution in [0.3, 0.4) is 0 Å². The average Bonchev–Trinajstić information content (AvgIpc) is 2.88. The highest BCUT2D eigenvalue weighted by molar-refractivity contribution is 7.22. The van der Waals surface area contributed by atoms with Crippen LogP contribution >= 0.6 is 11.3 Å². The maximum atomic E-state index is 13.1. The Morgan fingerprint density at radius 3 is 3.00 bits per heavy atom. The molecule has 0 fully saturated rings. The molecule has 0 unspecified atom stereocenters. The minimum Gasteiger partial charge on any atom is -0.493 e. The zero-order chi connectivity index (χ0) is 16.2. The number of halogens is 1. The van der Waals surface area contributed by atoms with Crippen molar-refractivity contribution in [2.75, 3.05) is 11.9 Å². The highest BCUT2D eigenvalue weighted by Crippen LogP contribution is 2.26. The number of aryl methyl sites for hydroxylation is 1. The summed E-state index contributed by atoms with van der Waals surface area (Å²) < 4.78 is 19.4. The van der Waals surface area contributed by atoms with Crippen LogP contribution in [0.2, 0.25) is 0 Å². The fourth-order valence-electron chi connectivity index (χ4n) is 2.10. The zero-order valence-corrected chi connectivity index (χ0v) is 13.3. The highest BCUT2D eigenvalue weighted by Gasteiger charge is 2.08. The summed E-state index contributed by atoms with van der Waals surface area (Å²) in [7, 11) is 0. The van der Waals surface area contributed by atoms with Crippen molar-refractivity contribution in [3.05, 3.63) is 53.8 Å². The molecule has 1 amide bonds. The average molecular weight is 330 g/mol. The number of rotatable bonds is 5. The van der Waals surface area contributed by atoms with Crippen LogP contribution in [0.4, 0.5) is 9.52 Å². The first-order chi connectivity index (χ1) is 11.1. The lowest BCUT2D eigenvalue weighted by molar-refractivity contribution is -0.116. The van der Waals surface area contributed by atoms with E-state index in [1.165, 1.54) is 23.5 Å². The number of nitrogens with one attached hydrogen (secondary N) is 1. The Hall–Kier alpha value is -2.47. The molecule has 3 rings (SSSR count). The summed E-state index contributed by atoms with van der Waals surface area (Å²) >= 11 is 1.25. The second kappa shape index (κ2) is 6.75. The lowest BCUT2D eigenvalue weighted by atomic mass is 10.2. The van der Waals surface area contributed by atoms with Gasteiger partial charge in [0.05, 0.1) is 23.2 Å². The summed E-state index contributed by atoms with van der Waals surface area (Å²) in [4.78, 5) is 16.2. The molecule has 0 spiro atoms. The molecule has 0 aliphatic heterocycles. The SMILES string of the molecule is Cc1cccc(OCCC(=O)Nc2nc3ccc(F)cc3s2)c1. The predicted octanol–water partition coefficient (Wildman–Crippen LogP) is 4.15. The first kappa shape index (κ1) is 15.4. The van der Waals surface area contributed by atoms with Gasteiger partial charge >= 0.3 is 0 Å². The van der Waals surface area contributed by atoms with Crippen LogP contribution in [0.1, 0.15) is 12.0 Å². The number of aromatic nitrogens is 1. The zero-order valence-electron chi connectivity index (χ0n) is 12.5. The first-order valence-electron chi connectivity index (χ1n) is 7.15. The van der Waals surface area contributed by atoms with Crippen LogP contribution in [0, 0.1) is 12.7 Å². The Labute approximate surface area is 136 Å². The Balaban J connectivity index is 1.54. The van der Waals surface area contributed by atoms with E-state index in [9.17, 15) is 9.18 Å². The van der Waals surface area contributed by atoms with Gasteiger partial charge in [0.25, 0.3) is 0 Å². The van der Waals surface area contributed by atoms with Crippen molar-refractivity contribution >= 4 is 32.6 Å². The molecule has 0 atom stereocenters. The van der Waals surface area contributed by atoms with Gasteiger partial charge in [0.2, 0.25) is 5.91 Å². The summed E-state index contributed by atoms with van der Waals surface area (Å²) in [5, 5.41) is 3.18. The number of benzene rings is 2. The van der Waals surface area contributed by atoms with Crippen molar-refractivity contribution in [1.82, 2.24) is 4.98 Å². The van der Waals surface area contributed by atoms with Crippen molar-refractivity contribution in [2.24, 2.45) is 0 Å². The van der Waals surface area contributed by atoms with E-state index in [1.807, 2.05) is 31.2 Å². The number of fused-ring (bicyclic) bond motifs is 1. The molecule has 0 saturated carbocycles. The van der Waals surface area contributed by atoms with Crippen LogP contribution in [0.5, 0.6) is 5.75 Å². The van der Waals surface area contributed by atoms with Crippen molar-refractivity contribution in [1.29, 1.82) is 0 Å². The molecule has 1 N–H and O–H groups in total. The maximum absolute atomic E-state index is 13.1. The number of carbonyl (C=O) groups is 1. The van der Waals surface area contributed by atoms with E-state index in [0.29, 0.717) is 15.3 Å². The maximum Gasteiger partial charge on any atom is 0.229 e. The fraction of sp³-hybridized carbons (Fsp3) is 0.176. The Bertz CT molecular complexity index is 847. The summed E-state index contributed by atoms with van der Waals surface area (Å²) in [5.74, 6) is 0.246. The molecule has 2 aromatic carbocycles. The second-order valence-corrected chi connectivity index (χ2v) is 6.12.